The molecule has 0 saturated carbocycles. The van der Waals surface area contributed by atoms with Crippen molar-refractivity contribution in [2.24, 2.45) is 0 Å². The van der Waals surface area contributed by atoms with Crippen LogP contribution in [0.15, 0.2) is 71.6 Å². The number of carbonyl (C=O) groups is 2. The third-order valence-corrected chi connectivity index (χ3v) is 8.86. The molecular weight excluding hydrogens is 597 g/mol. The predicted molar refractivity (Wildman–Crippen MR) is 159 cm³/mol. The summed E-state index contributed by atoms with van der Waals surface area (Å²) < 4.78 is 34.3. The number of methoxy groups -OCH3 is 1. The van der Waals surface area contributed by atoms with E-state index >= 15 is 0 Å². The fourth-order valence-electron chi connectivity index (χ4n) is 4.16. The van der Waals surface area contributed by atoms with Crippen LogP contribution in [-0.4, -0.2) is 51.4 Å². The van der Waals surface area contributed by atoms with Crippen LogP contribution in [0.1, 0.15) is 25.8 Å². The van der Waals surface area contributed by atoms with Crippen molar-refractivity contribution in [1.82, 2.24) is 10.2 Å². The van der Waals surface area contributed by atoms with Crippen molar-refractivity contribution in [2.45, 2.75) is 37.8 Å². The Labute approximate surface area is 249 Å². The molecule has 1 N–H and O–H groups in total. The Morgan fingerprint density at radius 3 is 2.17 bits per heavy atom. The van der Waals surface area contributed by atoms with E-state index in [1.807, 2.05) is 0 Å². The molecule has 0 bridgehead atoms. The van der Waals surface area contributed by atoms with Crippen molar-refractivity contribution in [3.8, 4) is 5.75 Å². The molecule has 12 heteroatoms. The molecule has 0 fully saturated rings. The second-order valence-corrected chi connectivity index (χ2v) is 11.8. The summed E-state index contributed by atoms with van der Waals surface area (Å²) >= 11 is 19.1. The van der Waals surface area contributed by atoms with Crippen LogP contribution < -0.4 is 14.4 Å². The van der Waals surface area contributed by atoms with Gasteiger partial charge >= 0.3 is 0 Å². The summed E-state index contributed by atoms with van der Waals surface area (Å²) in [5.74, 6) is -0.858. The van der Waals surface area contributed by atoms with E-state index in [0.29, 0.717) is 22.2 Å². The summed E-state index contributed by atoms with van der Waals surface area (Å²) in [5, 5.41) is 3.60. The van der Waals surface area contributed by atoms with E-state index in [-0.39, 0.29) is 40.2 Å². The van der Waals surface area contributed by atoms with Gasteiger partial charge in [-0.3, -0.25) is 13.9 Å². The van der Waals surface area contributed by atoms with Crippen molar-refractivity contribution >= 4 is 62.3 Å². The third-order valence-electron chi connectivity index (χ3n) is 6.15. The summed E-state index contributed by atoms with van der Waals surface area (Å²) in [6.45, 7) is 3.08. The maximum Gasteiger partial charge on any atom is 0.264 e. The predicted octanol–water partition coefficient (Wildman–Crippen LogP) is 5.79. The van der Waals surface area contributed by atoms with Crippen LogP contribution in [-0.2, 0) is 26.2 Å². The van der Waals surface area contributed by atoms with E-state index in [1.54, 1.807) is 56.3 Å². The topological polar surface area (TPSA) is 96.0 Å². The van der Waals surface area contributed by atoms with Gasteiger partial charge in [-0.2, -0.15) is 0 Å². The Hall–Kier alpha value is -2.98. The lowest BCUT2D eigenvalue weighted by Gasteiger charge is -2.33. The number of likely N-dealkylation sites (N-methyl/N-ethyl adjacent to an activating group) is 1. The minimum Gasteiger partial charge on any atom is -0.495 e. The molecule has 3 rings (SSSR count). The molecule has 0 aliphatic heterocycles. The van der Waals surface area contributed by atoms with Crippen LogP contribution in [0.3, 0.4) is 0 Å². The molecule has 0 aliphatic rings. The summed E-state index contributed by atoms with van der Waals surface area (Å²) in [7, 11) is -2.90. The molecule has 3 aromatic carbocycles. The molecule has 0 saturated heterocycles. The highest BCUT2D eigenvalue weighted by atomic mass is 35.5. The molecule has 0 aliphatic carbocycles. The van der Waals surface area contributed by atoms with Gasteiger partial charge < -0.3 is 15.0 Å². The highest BCUT2D eigenvalue weighted by Gasteiger charge is 2.35. The Balaban J connectivity index is 2.16. The van der Waals surface area contributed by atoms with Crippen molar-refractivity contribution in [3.63, 3.8) is 0 Å². The summed E-state index contributed by atoms with van der Waals surface area (Å²) in [5.41, 5.74) is 0.494. The van der Waals surface area contributed by atoms with E-state index in [4.69, 9.17) is 39.5 Å². The van der Waals surface area contributed by atoms with Gasteiger partial charge in [-0.25, -0.2) is 8.42 Å². The average Bonchev–Trinajstić information content (AvgIpc) is 2.93. The Morgan fingerprint density at radius 1 is 0.950 bits per heavy atom. The van der Waals surface area contributed by atoms with Gasteiger partial charge in [-0.15, -0.1) is 0 Å². The van der Waals surface area contributed by atoms with E-state index in [2.05, 4.69) is 5.32 Å². The zero-order valence-electron chi connectivity index (χ0n) is 22.2. The first-order valence-corrected chi connectivity index (χ1v) is 15.0. The van der Waals surface area contributed by atoms with Gasteiger partial charge in [0.15, 0.2) is 0 Å². The molecule has 40 heavy (non-hydrogen) atoms. The minimum absolute atomic E-state index is 0.0405. The smallest absolute Gasteiger partial charge is 0.264 e. The number of amides is 2. The molecule has 214 valence electrons. The highest BCUT2D eigenvalue weighted by Crippen LogP contribution is 2.35. The Bertz CT molecular complexity index is 1430. The van der Waals surface area contributed by atoms with Gasteiger partial charge in [0.25, 0.3) is 10.0 Å². The van der Waals surface area contributed by atoms with Gasteiger partial charge in [0.1, 0.15) is 18.3 Å². The lowest BCUT2D eigenvalue weighted by Crippen LogP contribution is -2.52. The number of hydrogen-bond acceptors (Lipinski definition) is 5. The van der Waals surface area contributed by atoms with Crippen LogP contribution in [0.4, 0.5) is 5.69 Å². The van der Waals surface area contributed by atoms with Crippen LogP contribution in [0, 0.1) is 0 Å². The number of ether oxygens (including phenoxy) is 1. The van der Waals surface area contributed by atoms with Crippen molar-refractivity contribution < 1.29 is 22.7 Å². The van der Waals surface area contributed by atoms with E-state index < -0.39 is 28.5 Å². The standard InChI is InChI=1S/C28H30Cl3N3O5S/c1-4-24(28(36)32-5-2)33(17-21-22(30)12-9-13-23(21)31)27(35)18-34(25-16-19(29)14-15-26(25)39-3)40(37,38)20-10-7-6-8-11-20/h6-16,24H,4-5,17-18H2,1-3H3,(H,32,36)/t24-/m1/s1. The number of nitrogens with zero attached hydrogens (tertiary/aromatic N) is 2. The maximum absolute atomic E-state index is 14.1. The van der Waals surface area contributed by atoms with Crippen LogP contribution >= 0.6 is 34.8 Å². The number of benzene rings is 3. The number of anilines is 1. The Morgan fingerprint density at radius 2 is 1.60 bits per heavy atom. The SMILES string of the molecule is CCNC(=O)[C@@H](CC)N(Cc1c(Cl)cccc1Cl)C(=O)CN(c1cc(Cl)ccc1OC)S(=O)(=O)c1ccccc1. The molecule has 2 amide bonds. The number of rotatable bonds is 12. The number of halogens is 3. The molecule has 0 unspecified atom stereocenters. The lowest BCUT2D eigenvalue weighted by molar-refractivity contribution is -0.140. The normalized spacial score (nSPS) is 11.9. The van der Waals surface area contributed by atoms with Gasteiger partial charge in [-0.1, -0.05) is 66.0 Å². The fraction of sp³-hybridized carbons (Fsp3) is 0.286. The van der Waals surface area contributed by atoms with Crippen LogP contribution in [0.25, 0.3) is 0 Å². The van der Waals surface area contributed by atoms with Gasteiger partial charge in [-0.05, 0) is 55.8 Å². The monoisotopic (exact) mass is 625 g/mol. The quantitative estimate of drug-likeness (QED) is 0.274. The number of carbonyl (C=O) groups excluding carboxylic acids is 2. The van der Waals surface area contributed by atoms with E-state index in [9.17, 15) is 18.0 Å². The second kappa shape index (κ2) is 14.1. The summed E-state index contributed by atoms with van der Waals surface area (Å²) in [6, 6.07) is 16.2. The van der Waals surface area contributed by atoms with Crippen LogP contribution in [0.5, 0.6) is 5.75 Å². The Kier molecular flexibility index (Phi) is 11.1. The summed E-state index contributed by atoms with van der Waals surface area (Å²) in [6.07, 6.45) is 0.256. The first kappa shape index (κ1) is 31.5. The molecule has 8 nitrogen and oxygen atoms in total. The zero-order valence-corrected chi connectivity index (χ0v) is 25.3. The molecule has 1 atom stereocenters. The minimum atomic E-state index is -4.29. The van der Waals surface area contributed by atoms with Crippen molar-refractivity contribution in [3.05, 3.63) is 87.4 Å². The van der Waals surface area contributed by atoms with Gasteiger partial charge in [0.05, 0.1) is 17.7 Å². The molecule has 0 heterocycles. The average molecular weight is 627 g/mol. The van der Waals surface area contributed by atoms with Gasteiger partial charge in [0.2, 0.25) is 11.8 Å². The maximum atomic E-state index is 14.1. The van der Waals surface area contributed by atoms with E-state index in [1.165, 1.54) is 36.3 Å². The summed E-state index contributed by atoms with van der Waals surface area (Å²) in [4.78, 5) is 28.4. The third kappa shape index (κ3) is 7.20. The van der Waals surface area contributed by atoms with Crippen LogP contribution in [0.2, 0.25) is 15.1 Å². The molecule has 0 aromatic heterocycles. The first-order chi connectivity index (χ1) is 19.0. The number of nitrogens with one attached hydrogen (secondary N) is 1. The largest absolute Gasteiger partial charge is 0.495 e. The van der Waals surface area contributed by atoms with E-state index in [0.717, 1.165) is 4.31 Å². The van der Waals surface area contributed by atoms with Gasteiger partial charge in [0, 0.05) is 33.7 Å². The molecule has 0 radical (unpaired) electrons. The van der Waals surface area contributed by atoms with Crippen molar-refractivity contribution in [2.75, 3.05) is 24.5 Å². The fourth-order valence-corrected chi connectivity index (χ4v) is 6.28. The molecule has 3 aromatic rings. The highest BCUT2D eigenvalue weighted by molar-refractivity contribution is 7.92. The molecule has 0 spiro atoms. The molecular formula is C28H30Cl3N3O5S. The number of hydrogen-bond donors (Lipinski definition) is 1. The zero-order chi connectivity index (χ0) is 29.4. The lowest BCUT2D eigenvalue weighted by atomic mass is 10.1. The second-order valence-electron chi connectivity index (χ2n) is 8.68. The first-order valence-electron chi connectivity index (χ1n) is 12.5. The van der Waals surface area contributed by atoms with Crippen molar-refractivity contribution in [1.29, 1.82) is 0 Å². The number of sulfonamides is 1.